The molecule has 90 valence electrons. The summed E-state index contributed by atoms with van der Waals surface area (Å²) in [6.45, 7) is 1.97. The summed E-state index contributed by atoms with van der Waals surface area (Å²) < 4.78 is 15.0. The molecule has 1 aromatic carbocycles. The summed E-state index contributed by atoms with van der Waals surface area (Å²) in [6.07, 6.45) is 3.38. The molecule has 1 heterocycles. The molecule has 0 aliphatic rings. The Balaban J connectivity index is 2.56. The molecule has 1 unspecified atom stereocenters. The second kappa shape index (κ2) is 4.25. The normalized spacial score (nSPS) is 14.9. The fraction of sp³-hybridized carbons (Fsp3) is 0.333. The highest BCUT2D eigenvalue weighted by Gasteiger charge is 2.32. The fourth-order valence-corrected chi connectivity index (χ4v) is 1.82. The van der Waals surface area contributed by atoms with Crippen molar-refractivity contribution < 1.29 is 4.39 Å². The van der Waals surface area contributed by atoms with E-state index in [1.165, 1.54) is 12.1 Å². The lowest BCUT2D eigenvalue weighted by molar-refractivity contribution is 0.117. The van der Waals surface area contributed by atoms with Gasteiger partial charge in [-0.05, 0) is 38.7 Å². The quantitative estimate of drug-likeness (QED) is 0.810. The minimum Gasteiger partial charge on any atom is -0.282 e. The molecular formula is C12H15FN4. The highest BCUT2D eigenvalue weighted by atomic mass is 19.1. The molecule has 0 aliphatic carbocycles. The minimum atomic E-state index is -0.557. The minimum absolute atomic E-state index is 0.254. The summed E-state index contributed by atoms with van der Waals surface area (Å²) in [5, 5.41) is 7.83. The fourth-order valence-electron chi connectivity index (χ4n) is 1.82. The van der Waals surface area contributed by atoms with E-state index in [0.29, 0.717) is 0 Å². The number of rotatable bonds is 3. The second-order valence-electron chi connectivity index (χ2n) is 4.27. The highest BCUT2D eigenvalue weighted by Crippen LogP contribution is 2.27. The van der Waals surface area contributed by atoms with E-state index in [1.807, 2.05) is 32.0 Å². The summed E-state index contributed by atoms with van der Waals surface area (Å²) in [6, 6.07) is 6.52. The summed E-state index contributed by atoms with van der Waals surface area (Å²) in [7, 11) is 3.85. The van der Waals surface area contributed by atoms with Gasteiger partial charge >= 0.3 is 0 Å². The van der Waals surface area contributed by atoms with Crippen molar-refractivity contribution in [2.45, 2.75) is 12.6 Å². The van der Waals surface area contributed by atoms with Crippen molar-refractivity contribution in [3.8, 4) is 0 Å². The van der Waals surface area contributed by atoms with Gasteiger partial charge in [0, 0.05) is 6.20 Å². The zero-order valence-corrected chi connectivity index (χ0v) is 10.1. The molecule has 5 heteroatoms. The zero-order chi connectivity index (χ0) is 12.5. The van der Waals surface area contributed by atoms with Crippen LogP contribution in [0, 0.1) is 5.82 Å². The van der Waals surface area contributed by atoms with E-state index in [-0.39, 0.29) is 5.82 Å². The Bertz CT molecular complexity index is 495. The molecule has 1 atom stereocenters. The molecule has 1 aromatic heterocycles. The first kappa shape index (κ1) is 11.7. The molecule has 0 saturated carbocycles. The maximum absolute atomic E-state index is 13.3. The van der Waals surface area contributed by atoms with Crippen LogP contribution in [0.1, 0.15) is 12.5 Å². The first-order valence-corrected chi connectivity index (χ1v) is 5.35. The Hall–Kier alpha value is -1.75. The first-order chi connectivity index (χ1) is 8.05. The average Bonchev–Trinajstić information content (AvgIpc) is 2.81. The molecule has 0 N–H and O–H groups in total. The van der Waals surface area contributed by atoms with Gasteiger partial charge in [-0.3, -0.25) is 4.90 Å². The van der Waals surface area contributed by atoms with Crippen molar-refractivity contribution in [1.29, 1.82) is 0 Å². The SMILES string of the molecule is CN(C)C(C)(c1cccc(F)c1)n1ccnn1. The van der Waals surface area contributed by atoms with Gasteiger partial charge in [0.25, 0.3) is 0 Å². The van der Waals surface area contributed by atoms with E-state index < -0.39 is 5.66 Å². The van der Waals surface area contributed by atoms with Gasteiger partial charge in [-0.25, -0.2) is 9.07 Å². The van der Waals surface area contributed by atoms with Gasteiger partial charge in [-0.15, -0.1) is 5.10 Å². The maximum Gasteiger partial charge on any atom is 0.139 e. The molecule has 2 rings (SSSR count). The third kappa shape index (κ3) is 1.93. The largest absolute Gasteiger partial charge is 0.282 e. The molecule has 0 amide bonds. The molecule has 17 heavy (non-hydrogen) atoms. The Kier molecular flexibility index (Phi) is 2.93. The smallest absolute Gasteiger partial charge is 0.139 e. The zero-order valence-electron chi connectivity index (χ0n) is 10.1. The highest BCUT2D eigenvalue weighted by molar-refractivity contribution is 5.24. The van der Waals surface area contributed by atoms with Crippen molar-refractivity contribution in [2.24, 2.45) is 0 Å². The van der Waals surface area contributed by atoms with Crippen LogP contribution < -0.4 is 0 Å². The summed E-state index contributed by atoms with van der Waals surface area (Å²) in [4.78, 5) is 1.97. The van der Waals surface area contributed by atoms with E-state index in [0.717, 1.165) is 5.56 Å². The molecule has 0 saturated heterocycles. The van der Waals surface area contributed by atoms with Crippen LogP contribution in [0.2, 0.25) is 0 Å². The van der Waals surface area contributed by atoms with Crippen LogP contribution in [0.25, 0.3) is 0 Å². The number of hydrogen-bond donors (Lipinski definition) is 0. The Morgan fingerprint density at radius 3 is 2.65 bits per heavy atom. The summed E-state index contributed by atoms with van der Waals surface area (Å²) in [5.41, 5.74) is 0.270. The molecular weight excluding hydrogens is 219 g/mol. The summed E-state index contributed by atoms with van der Waals surface area (Å²) in [5.74, 6) is -0.254. The van der Waals surface area contributed by atoms with E-state index in [2.05, 4.69) is 10.3 Å². The van der Waals surface area contributed by atoms with Crippen molar-refractivity contribution in [3.63, 3.8) is 0 Å². The molecule has 2 aromatic rings. The molecule has 0 radical (unpaired) electrons. The first-order valence-electron chi connectivity index (χ1n) is 5.35. The van der Waals surface area contributed by atoms with Crippen molar-refractivity contribution in [3.05, 3.63) is 48.0 Å². The summed E-state index contributed by atoms with van der Waals surface area (Å²) >= 11 is 0. The van der Waals surface area contributed by atoms with Crippen molar-refractivity contribution in [1.82, 2.24) is 19.9 Å². The van der Waals surface area contributed by atoms with Gasteiger partial charge in [-0.2, -0.15) is 0 Å². The number of halogens is 1. The van der Waals surface area contributed by atoms with Crippen LogP contribution in [0.3, 0.4) is 0 Å². The Morgan fingerprint density at radius 2 is 2.12 bits per heavy atom. The molecule has 0 fully saturated rings. The van der Waals surface area contributed by atoms with Gasteiger partial charge in [0.2, 0.25) is 0 Å². The number of benzene rings is 1. The van der Waals surface area contributed by atoms with E-state index in [9.17, 15) is 4.39 Å². The van der Waals surface area contributed by atoms with Crippen LogP contribution in [0.15, 0.2) is 36.7 Å². The number of aromatic nitrogens is 3. The van der Waals surface area contributed by atoms with Crippen molar-refractivity contribution >= 4 is 0 Å². The third-order valence-electron chi connectivity index (χ3n) is 3.11. The van der Waals surface area contributed by atoms with Crippen LogP contribution in [0.4, 0.5) is 4.39 Å². The van der Waals surface area contributed by atoms with Crippen LogP contribution in [-0.4, -0.2) is 34.0 Å². The topological polar surface area (TPSA) is 34.0 Å². The number of hydrogen-bond acceptors (Lipinski definition) is 3. The average molecular weight is 234 g/mol. The molecule has 0 bridgehead atoms. The van der Waals surface area contributed by atoms with E-state index in [1.54, 1.807) is 23.1 Å². The van der Waals surface area contributed by atoms with Gasteiger partial charge < -0.3 is 0 Å². The maximum atomic E-state index is 13.3. The predicted molar refractivity (Wildman–Crippen MR) is 62.9 cm³/mol. The third-order valence-corrected chi connectivity index (χ3v) is 3.11. The lowest BCUT2D eigenvalue weighted by Crippen LogP contribution is -2.45. The van der Waals surface area contributed by atoms with Crippen LogP contribution in [-0.2, 0) is 5.66 Å². The molecule has 0 spiro atoms. The van der Waals surface area contributed by atoms with Crippen LogP contribution in [0.5, 0.6) is 0 Å². The van der Waals surface area contributed by atoms with Gasteiger partial charge in [-0.1, -0.05) is 17.3 Å². The van der Waals surface area contributed by atoms with E-state index in [4.69, 9.17) is 0 Å². The Labute approximate surface area is 99.7 Å². The lowest BCUT2D eigenvalue weighted by atomic mass is 10.0. The Morgan fingerprint density at radius 1 is 1.35 bits per heavy atom. The monoisotopic (exact) mass is 234 g/mol. The van der Waals surface area contributed by atoms with Gasteiger partial charge in [0.05, 0.1) is 6.20 Å². The van der Waals surface area contributed by atoms with Crippen LogP contribution >= 0.6 is 0 Å². The second-order valence-corrected chi connectivity index (χ2v) is 4.27. The lowest BCUT2D eigenvalue weighted by Gasteiger charge is -2.36. The standard InChI is InChI=1S/C12H15FN4/c1-12(16(2)3,17-8-7-14-15-17)10-5-4-6-11(13)9-10/h4-9H,1-3H3. The number of nitrogens with zero attached hydrogens (tertiary/aromatic N) is 4. The predicted octanol–water partition coefficient (Wildman–Crippen LogP) is 1.70. The molecule has 4 nitrogen and oxygen atoms in total. The van der Waals surface area contributed by atoms with Gasteiger partial charge in [0.15, 0.2) is 0 Å². The molecule has 0 aliphatic heterocycles. The van der Waals surface area contributed by atoms with E-state index >= 15 is 0 Å². The van der Waals surface area contributed by atoms with Gasteiger partial charge in [0.1, 0.15) is 11.5 Å². The van der Waals surface area contributed by atoms with Crippen molar-refractivity contribution in [2.75, 3.05) is 14.1 Å².